The van der Waals surface area contributed by atoms with Gasteiger partial charge in [0.25, 0.3) is 0 Å². The van der Waals surface area contributed by atoms with Crippen molar-refractivity contribution >= 4 is 5.91 Å². The zero-order chi connectivity index (χ0) is 13.8. The molecule has 0 bridgehead atoms. The van der Waals surface area contributed by atoms with Crippen molar-refractivity contribution in [1.82, 2.24) is 5.43 Å². The summed E-state index contributed by atoms with van der Waals surface area (Å²) in [5, 5.41) is 0. The molecule has 0 aliphatic heterocycles. The predicted octanol–water partition coefficient (Wildman–Crippen LogP) is 1.66. The molecular formula is C10H13F3N2O3. The van der Waals surface area contributed by atoms with E-state index in [1.165, 1.54) is 6.07 Å². The molecule has 0 spiro atoms. The highest BCUT2D eigenvalue weighted by atomic mass is 19.4. The zero-order valence-corrected chi connectivity index (χ0v) is 9.63. The fraction of sp³-hybridized carbons (Fsp3) is 0.500. The summed E-state index contributed by atoms with van der Waals surface area (Å²) in [4.78, 5) is 11.1. The molecule has 3 N–H and O–H groups in total. The van der Waals surface area contributed by atoms with Gasteiger partial charge in [-0.25, -0.2) is 5.84 Å². The van der Waals surface area contributed by atoms with E-state index in [2.05, 4.69) is 0 Å². The van der Waals surface area contributed by atoms with E-state index in [-0.39, 0.29) is 12.4 Å². The summed E-state index contributed by atoms with van der Waals surface area (Å²) in [6, 6.07) is 1.38. The molecule has 0 aliphatic rings. The van der Waals surface area contributed by atoms with Crippen molar-refractivity contribution in [2.75, 3.05) is 6.61 Å². The van der Waals surface area contributed by atoms with Crippen LogP contribution < -0.4 is 11.3 Å². The summed E-state index contributed by atoms with van der Waals surface area (Å²) in [5.41, 5.74) is 2.40. The van der Waals surface area contributed by atoms with E-state index in [4.69, 9.17) is 15.0 Å². The number of aryl methyl sites for hydroxylation is 1. The number of nitrogen functional groups attached to an aromatic ring is 1. The van der Waals surface area contributed by atoms with E-state index in [0.717, 1.165) is 0 Å². The van der Waals surface area contributed by atoms with E-state index in [0.29, 0.717) is 11.3 Å². The van der Waals surface area contributed by atoms with Crippen molar-refractivity contribution in [1.29, 1.82) is 0 Å². The molecule has 1 amide bonds. The molecule has 0 radical (unpaired) electrons. The maximum atomic E-state index is 11.9. The Labute approximate surface area is 101 Å². The lowest BCUT2D eigenvalue weighted by molar-refractivity contribution is -0.146. The van der Waals surface area contributed by atoms with Gasteiger partial charge in [-0.3, -0.25) is 10.2 Å². The van der Waals surface area contributed by atoms with Crippen molar-refractivity contribution < 1.29 is 27.1 Å². The molecule has 0 fully saturated rings. The first-order valence-corrected chi connectivity index (χ1v) is 5.08. The van der Waals surface area contributed by atoms with Crippen LogP contribution in [0, 0.1) is 6.92 Å². The van der Waals surface area contributed by atoms with Gasteiger partial charge in [-0.05, 0) is 13.0 Å². The van der Waals surface area contributed by atoms with Crippen LogP contribution in [0.1, 0.15) is 28.3 Å². The summed E-state index contributed by atoms with van der Waals surface area (Å²) in [6.45, 7) is 1.09. The van der Waals surface area contributed by atoms with Crippen molar-refractivity contribution in [2.45, 2.75) is 26.1 Å². The molecule has 0 unspecified atom stereocenters. The summed E-state index contributed by atoms with van der Waals surface area (Å²) >= 11 is 0. The fourth-order valence-electron chi connectivity index (χ4n) is 1.22. The number of hydrogen-bond donors (Lipinski definition) is 2. The van der Waals surface area contributed by atoms with E-state index in [9.17, 15) is 18.0 Å². The number of furan rings is 1. The lowest BCUT2D eigenvalue weighted by Gasteiger charge is -2.06. The first-order valence-electron chi connectivity index (χ1n) is 5.08. The first-order chi connectivity index (χ1) is 8.33. The lowest BCUT2D eigenvalue weighted by atomic mass is 10.2. The van der Waals surface area contributed by atoms with Crippen molar-refractivity contribution in [3.05, 3.63) is 23.2 Å². The van der Waals surface area contributed by atoms with Crippen LogP contribution in [-0.2, 0) is 11.3 Å². The molecule has 5 nitrogen and oxygen atoms in total. The van der Waals surface area contributed by atoms with Crippen LogP contribution in [0.15, 0.2) is 10.5 Å². The maximum Gasteiger partial charge on any atom is 0.391 e. The van der Waals surface area contributed by atoms with Crippen LogP contribution in [0.3, 0.4) is 0 Å². The van der Waals surface area contributed by atoms with Crippen LogP contribution in [-0.4, -0.2) is 18.7 Å². The van der Waals surface area contributed by atoms with Crippen LogP contribution in [0.25, 0.3) is 0 Å². The summed E-state index contributed by atoms with van der Waals surface area (Å²) in [7, 11) is 0. The van der Waals surface area contributed by atoms with Crippen LogP contribution in [0.2, 0.25) is 0 Å². The molecule has 102 valence electrons. The molecule has 1 rings (SSSR count). The van der Waals surface area contributed by atoms with Crippen LogP contribution >= 0.6 is 0 Å². The first kappa shape index (κ1) is 14.5. The van der Waals surface area contributed by atoms with Gasteiger partial charge in [0.2, 0.25) is 0 Å². The SMILES string of the molecule is Cc1oc(C(=O)NN)cc1COCCC(F)(F)F. The number of alkyl halides is 3. The largest absolute Gasteiger partial charge is 0.456 e. The Kier molecular flexibility index (Phi) is 4.74. The Hall–Kier alpha value is -1.54. The normalized spacial score (nSPS) is 11.6. The Morgan fingerprint density at radius 1 is 1.56 bits per heavy atom. The summed E-state index contributed by atoms with van der Waals surface area (Å²) in [6.07, 6.45) is -5.25. The topological polar surface area (TPSA) is 77.5 Å². The highest BCUT2D eigenvalue weighted by molar-refractivity contribution is 5.91. The molecular weight excluding hydrogens is 253 g/mol. The number of rotatable bonds is 5. The third kappa shape index (κ3) is 4.38. The monoisotopic (exact) mass is 266 g/mol. The molecule has 0 aliphatic carbocycles. The molecule has 0 saturated heterocycles. The molecule has 1 aromatic rings. The van der Waals surface area contributed by atoms with Gasteiger partial charge in [-0.2, -0.15) is 13.2 Å². The minimum atomic E-state index is -4.24. The number of nitrogens with one attached hydrogen (secondary N) is 1. The second-order valence-corrected chi connectivity index (χ2v) is 3.58. The van der Waals surface area contributed by atoms with Gasteiger partial charge in [0.05, 0.1) is 19.6 Å². The molecule has 0 aromatic carbocycles. The highest BCUT2D eigenvalue weighted by Crippen LogP contribution is 2.20. The number of carbonyl (C=O) groups is 1. The van der Waals surface area contributed by atoms with Gasteiger partial charge in [0.1, 0.15) is 5.76 Å². The average Bonchev–Trinajstić information content (AvgIpc) is 2.64. The minimum Gasteiger partial charge on any atom is -0.456 e. The Morgan fingerprint density at radius 3 is 2.78 bits per heavy atom. The van der Waals surface area contributed by atoms with Gasteiger partial charge in [-0.15, -0.1) is 0 Å². The molecule has 0 saturated carbocycles. The van der Waals surface area contributed by atoms with Crippen molar-refractivity contribution in [3.63, 3.8) is 0 Å². The predicted molar refractivity (Wildman–Crippen MR) is 55.4 cm³/mol. The molecule has 18 heavy (non-hydrogen) atoms. The minimum absolute atomic E-state index is 0.00980. The third-order valence-electron chi connectivity index (χ3n) is 2.16. The van der Waals surface area contributed by atoms with Gasteiger partial charge in [0, 0.05) is 5.56 Å². The standard InChI is InChI=1S/C10H13F3N2O3/c1-6-7(4-8(18-6)9(16)15-14)5-17-3-2-10(11,12)13/h4H,2-3,5,14H2,1H3,(H,15,16). The quantitative estimate of drug-likeness (QED) is 0.368. The van der Waals surface area contributed by atoms with E-state index in [1.807, 2.05) is 5.43 Å². The van der Waals surface area contributed by atoms with Crippen LogP contribution in [0.4, 0.5) is 13.2 Å². The average molecular weight is 266 g/mol. The van der Waals surface area contributed by atoms with Gasteiger partial charge in [-0.1, -0.05) is 0 Å². The van der Waals surface area contributed by atoms with Gasteiger partial charge >= 0.3 is 12.1 Å². The van der Waals surface area contributed by atoms with Crippen molar-refractivity contribution in [2.24, 2.45) is 5.84 Å². The number of ether oxygens (including phenoxy) is 1. The van der Waals surface area contributed by atoms with Crippen molar-refractivity contribution in [3.8, 4) is 0 Å². The Bertz CT molecular complexity index is 415. The number of amides is 1. The lowest BCUT2D eigenvalue weighted by Crippen LogP contribution is -2.29. The highest BCUT2D eigenvalue weighted by Gasteiger charge is 2.26. The molecule has 1 aromatic heterocycles. The number of nitrogens with two attached hydrogens (primary N) is 1. The van der Waals surface area contributed by atoms with E-state index >= 15 is 0 Å². The number of halogens is 3. The summed E-state index contributed by atoms with van der Waals surface area (Å²) < 4.78 is 45.5. The zero-order valence-electron chi connectivity index (χ0n) is 9.63. The summed E-state index contributed by atoms with van der Waals surface area (Å²) in [5.74, 6) is 4.70. The third-order valence-corrected chi connectivity index (χ3v) is 2.16. The second kappa shape index (κ2) is 5.87. The van der Waals surface area contributed by atoms with Crippen LogP contribution in [0.5, 0.6) is 0 Å². The fourth-order valence-corrected chi connectivity index (χ4v) is 1.22. The van der Waals surface area contributed by atoms with E-state index in [1.54, 1.807) is 6.92 Å². The van der Waals surface area contributed by atoms with Gasteiger partial charge < -0.3 is 9.15 Å². The Morgan fingerprint density at radius 2 is 2.22 bits per heavy atom. The van der Waals surface area contributed by atoms with Gasteiger partial charge in [0.15, 0.2) is 5.76 Å². The number of hydrogen-bond acceptors (Lipinski definition) is 4. The van der Waals surface area contributed by atoms with E-state index < -0.39 is 25.1 Å². The maximum absolute atomic E-state index is 11.9. The molecule has 1 heterocycles. The molecule has 0 atom stereocenters. The number of carbonyl (C=O) groups excluding carboxylic acids is 1. The molecule has 8 heteroatoms. The second-order valence-electron chi connectivity index (χ2n) is 3.58. The Balaban J connectivity index is 2.48. The number of hydrazine groups is 1. The smallest absolute Gasteiger partial charge is 0.391 e.